The minimum absolute atomic E-state index is 0.612. The molecule has 4 heteroatoms. The smallest absolute Gasteiger partial charge is 0.260 e. The molecular weight excluding hydrogens is 196 g/mol. The maximum atomic E-state index is 5.85. The zero-order valence-electron chi connectivity index (χ0n) is 7.73. The van der Waals surface area contributed by atoms with Crippen molar-refractivity contribution in [3.8, 4) is 0 Å². The van der Waals surface area contributed by atoms with Crippen LogP contribution in [0.3, 0.4) is 0 Å². The Hall–Kier alpha value is -1.42. The Balaban J connectivity index is 2.25. The van der Waals surface area contributed by atoms with Gasteiger partial charge in [0.25, 0.3) is 5.22 Å². The van der Waals surface area contributed by atoms with Gasteiger partial charge >= 0.3 is 0 Å². The van der Waals surface area contributed by atoms with Gasteiger partial charge in [-0.2, -0.15) is 0 Å². The standard InChI is InChI=1S/C10H10N2OS/c1-7-2-3-9(8(11)6-7)14-10-12-4-5-13-10/h2-6H,11H2,1H3. The average Bonchev–Trinajstić information content (AvgIpc) is 2.62. The summed E-state index contributed by atoms with van der Waals surface area (Å²) in [5.74, 6) is 0. The number of benzene rings is 1. The fourth-order valence-corrected chi connectivity index (χ4v) is 1.83. The lowest BCUT2D eigenvalue weighted by Gasteiger charge is -2.02. The molecule has 0 aliphatic heterocycles. The second-order valence-electron chi connectivity index (χ2n) is 2.94. The number of anilines is 1. The third-order valence-corrected chi connectivity index (χ3v) is 2.74. The Morgan fingerprint density at radius 3 is 2.93 bits per heavy atom. The lowest BCUT2D eigenvalue weighted by molar-refractivity contribution is 0.454. The summed E-state index contributed by atoms with van der Waals surface area (Å²) in [6.07, 6.45) is 3.17. The largest absolute Gasteiger partial charge is 0.440 e. The zero-order valence-corrected chi connectivity index (χ0v) is 8.54. The maximum absolute atomic E-state index is 5.85. The molecule has 2 aromatic rings. The fraction of sp³-hybridized carbons (Fsp3) is 0.100. The summed E-state index contributed by atoms with van der Waals surface area (Å²) in [6, 6.07) is 5.92. The molecule has 2 N–H and O–H groups in total. The predicted octanol–water partition coefficient (Wildman–Crippen LogP) is 2.72. The number of nitrogen functional groups attached to an aromatic ring is 1. The zero-order chi connectivity index (χ0) is 9.97. The Morgan fingerprint density at radius 2 is 2.29 bits per heavy atom. The number of aromatic nitrogens is 1. The molecule has 14 heavy (non-hydrogen) atoms. The highest BCUT2D eigenvalue weighted by Gasteiger charge is 2.04. The lowest BCUT2D eigenvalue weighted by Crippen LogP contribution is -1.88. The molecule has 0 spiro atoms. The lowest BCUT2D eigenvalue weighted by atomic mass is 10.2. The maximum Gasteiger partial charge on any atom is 0.260 e. The number of aryl methyl sites for hydroxylation is 1. The van der Waals surface area contributed by atoms with E-state index in [-0.39, 0.29) is 0 Å². The summed E-state index contributed by atoms with van der Waals surface area (Å²) in [6.45, 7) is 2.01. The SMILES string of the molecule is Cc1ccc(Sc2ncco2)c(N)c1. The van der Waals surface area contributed by atoms with Crippen LogP contribution in [0.4, 0.5) is 5.69 Å². The van der Waals surface area contributed by atoms with Gasteiger partial charge in [0.1, 0.15) is 6.26 Å². The summed E-state index contributed by atoms with van der Waals surface area (Å²) >= 11 is 1.43. The Labute approximate surface area is 86.3 Å². The van der Waals surface area contributed by atoms with Crippen LogP contribution in [0.2, 0.25) is 0 Å². The number of hydrogen-bond acceptors (Lipinski definition) is 4. The molecule has 0 fully saturated rings. The number of hydrogen-bond donors (Lipinski definition) is 1. The molecule has 0 radical (unpaired) electrons. The van der Waals surface area contributed by atoms with Crippen molar-refractivity contribution in [2.45, 2.75) is 17.0 Å². The van der Waals surface area contributed by atoms with Crippen molar-refractivity contribution in [1.29, 1.82) is 0 Å². The Morgan fingerprint density at radius 1 is 1.43 bits per heavy atom. The van der Waals surface area contributed by atoms with Crippen molar-refractivity contribution in [1.82, 2.24) is 4.98 Å². The number of nitrogens with two attached hydrogens (primary N) is 1. The normalized spacial score (nSPS) is 10.4. The van der Waals surface area contributed by atoms with Gasteiger partial charge in [-0.1, -0.05) is 6.07 Å². The van der Waals surface area contributed by atoms with E-state index in [0.717, 1.165) is 16.1 Å². The van der Waals surface area contributed by atoms with Crippen LogP contribution in [0.5, 0.6) is 0 Å². The summed E-state index contributed by atoms with van der Waals surface area (Å²) in [4.78, 5) is 4.99. The summed E-state index contributed by atoms with van der Waals surface area (Å²) in [5, 5.41) is 0.612. The van der Waals surface area contributed by atoms with E-state index in [4.69, 9.17) is 10.2 Å². The minimum Gasteiger partial charge on any atom is -0.440 e. The van der Waals surface area contributed by atoms with Crippen molar-refractivity contribution in [2.24, 2.45) is 0 Å². The molecule has 0 unspecified atom stereocenters. The molecule has 0 amide bonds. The highest BCUT2D eigenvalue weighted by molar-refractivity contribution is 7.99. The molecule has 1 heterocycles. The monoisotopic (exact) mass is 206 g/mol. The number of oxazole rings is 1. The van der Waals surface area contributed by atoms with Gasteiger partial charge in [-0.05, 0) is 36.4 Å². The highest BCUT2D eigenvalue weighted by atomic mass is 32.2. The molecule has 0 aliphatic carbocycles. The van der Waals surface area contributed by atoms with Crippen LogP contribution in [0.1, 0.15) is 5.56 Å². The molecule has 0 aliphatic rings. The van der Waals surface area contributed by atoms with Crippen LogP contribution in [-0.4, -0.2) is 4.98 Å². The first-order valence-electron chi connectivity index (χ1n) is 4.19. The van der Waals surface area contributed by atoms with E-state index in [0.29, 0.717) is 5.22 Å². The van der Waals surface area contributed by atoms with Crippen LogP contribution < -0.4 is 5.73 Å². The first kappa shape index (κ1) is 9.15. The van der Waals surface area contributed by atoms with Gasteiger partial charge in [-0.25, -0.2) is 4.98 Å². The second kappa shape index (κ2) is 3.75. The van der Waals surface area contributed by atoms with E-state index in [9.17, 15) is 0 Å². The van der Waals surface area contributed by atoms with E-state index in [1.165, 1.54) is 11.8 Å². The van der Waals surface area contributed by atoms with Crippen molar-refractivity contribution in [3.05, 3.63) is 36.2 Å². The van der Waals surface area contributed by atoms with E-state index in [1.807, 2.05) is 25.1 Å². The summed E-state index contributed by atoms with van der Waals surface area (Å²) < 4.78 is 5.12. The molecule has 0 atom stereocenters. The number of rotatable bonds is 2. The second-order valence-corrected chi connectivity index (χ2v) is 3.93. The molecule has 0 bridgehead atoms. The van der Waals surface area contributed by atoms with Crippen molar-refractivity contribution >= 4 is 17.4 Å². The van der Waals surface area contributed by atoms with Crippen LogP contribution in [0.15, 0.2) is 45.2 Å². The Kier molecular flexibility index (Phi) is 2.45. The van der Waals surface area contributed by atoms with Crippen LogP contribution in [-0.2, 0) is 0 Å². The topological polar surface area (TPSA) is 52.0 Å². The highest BCUT2D eigenvalue weighted by Crippen LogP contribution is 2.31. The van der Waals surface area contributed by atoms with Crippen LogP contribution in [0.25, 0.3) is 0 Å². The van der Waals surface area contributed by atoms with Crippen LogP contribution >= 0.6 is 11.8 Å². The van der Waals surface area contributed by atoms with Crippen molar-refractivity contribution in [2.75, 3.05) is 5.73 Å². The average molecular weight is 206 g/mol. The predicted molar refractivity (Wildman–Crippen MR) is 56.2 cm³/mol. The first-order chi connectivity index (χ1) is 6.75. The van der Waals surface area contributed by atoms with Gasteiger partial charge in [0, 0.05) is 10.6 Å². The quantitative estimate of drug-likeness (QED) is 0.767. The number of nitrogens with zero attached hydrogens (tertiary/aromatic N) is 1. The van der Waals surface area contributed by atoms with Gasteiger partial charge in [0.15, 0.2) is 0 Å². The molecular formula is C10H10N2OS. The molecule has 0 saturated carbocycles. The molecule has 3 nitrogen and oxygen atoms in total. The third kappa shape index (κ3) is 1.90. The van der Waals surface area contributed by atoms with Gasteiger partial charge in [-0.15, -0.1) is 0 Å². The molecule has 2 rings (SSSR count). The molecule has 72 valence electrons. The van der Waals surface area contributed by atoms with Gasteiger partial charge < -0.3 is 10.2 Å². The van der Waals surface area contributed by atoms with Gasteiger partial charge in [0.2, 0.25) is 0 Å². The summed E-state index contributed by atoms with van der Waals surface area (Å²) in [7, 11) is 0. The molecule has 0 saturated heterocycles. The fourth-order valence-electron chi connectivity index (χ4n) is 1.12. The van der Waals surface area contributed by atoms with Crippen LogP contribution in [0, 0.1) is 6.92 Å². The van der Waals surface area contributed by atoms with E-state index < -0.39 is 0 Å². The van der Waals surface area contributed by atoms with Gasteiger partial charge in [-0.3, -0.25) is 0 Å². The third-order valence-electron chi connectivity index (χ3n) is 1.77. The minimum atomic E-state index is 0.612. The van der Waals surface area contributed by atoms with Crippen molar-refractivity contribution in [3.63, 3.8) is 0 Å². The van der Waals surface area contributed by atoms with E-state index >= 15 is 0 Å². The van der Waals surface area contributed by atoms with E-state index in [2.05, 4.69) is 4.98 Å². The van der Waals surface area contributed by atoms with Gasteiger partial charge in [0.05, 0.1) is 6.20 Å². The van der Waals surface area contributed by atoms with E-state index in [1.54, 1.807) is 12.5 Å². The first-order valence-corrected chi connectivity index (χ1v) is 5.01. The Bertz CT molecular complexity index is 426. The van der Waals surface area contributed by atoms with Crippen molar-refractivity contribution < 1.29 is 4.42 Å². The molecule has 1 aromatic heterocycles. The summed E-state index contributed by atoms with van der Waals surface area (Å²) in [5.41, 5.74) is 7.76. The molecule has 1 aromatic carbocycles.